The maximum absolute atomic E-state index is 12.2. The van der Waals surface area contributed by atoms with E-state index in [0.29, 0.717) is 17.7 Å². The van der Waals surface area contributed by atoms with E-state index in [1.54, 1.807) is 24.3 Å². The second-order valence-corrected chi connectivity index (χ2v) is 6.09. The molecule has 0 spiro atoms. The molecule has 2 amide bonds. The maximum atomic E-state index is 12.2. The summed E-state index contributed by atoms with van der Waals surface area (Å²) in [6.07, 6.45) is -2.62. The van der Waals surface area contributed by atoms with Crippen molar-refractivity contribution in [1.82, 2.24) is 10.2 Å². The molecule has 2 aliphatic rings. The van der Waals surface area contributed by atoms with Gasteiger partial charge in [-0.1, -0.05) is 12.1 Å². The molecule has 27 heavy (non-hydrogen) atoms. The lowest BCUT2D eigenvalue weighted by molar-refractivity contribution is -0.165. The fourth-order valence-electron chi connectivity index (χ4n) is 2.86. The lowest BCUT2D eigenvalue weighted by Gasteiger charge is -2.29. The standard InChI is InChI=1S/C13H14N2O2.C4H6O6/c16-12-10-5-1-2-6-11(10)13(17)15(12)9-4-3-7-14-8-9;5-1(3(7)8)2(6)4(9)10/h1-2,5-6,9,14H,3-4,7-8H2;1-2,5-6H,(H,7,8)(H,9,10)/t9-;/m1./s1. The van der Waals surface area contributed by atoms with Gasteiger partial charge in [0.25, 0.3) is 11.8 Å². The van der Waals surface area contributed by atoms with E-state index < -0.39 is 24.1 Å². The minimum atomic E-state index is -2.27. The Kier molecular flexibility index (Phi) is 6.61. The molecule has 0 radical (unpaired) electrons. The summed E-state index contributed by atoms with van der Waals surface area (Å²) in [5.41, 5.74) is 1.09. The minimum Gasteiger partial charge on any atom is -0.479 e. The molecule has 5 N–H and O–H groups in total. The molecular weight excluding hydrogens is 360 g/mol. The number of piperidine rings is 1. The first-order valence-corrected chi connectivity index (χ1v) is 8.25. The summed E-state index contributed by atoms with van der Waals surface area (Å²) in [6, 6.07) is 7.06. The van der Waals surface area contributed by atoms with Crippen LogP contribution in [0, 0.1) is 0 Å². The van der Waals surface area contributed by atoms with Gasteiger partial charge in [0.05, 0.1) is 17.2 Å². The predicted octanol–water partition coefficient (Wildman–Crippen LogP) is -1.09. The Morgan fingerprint density at radius 3 is 1.85 bits per heavy atom. The number of aliphatic carboxylic acids is 2. The van der Waals surface area contributed by atoms with Crippen LogP contribution in [0.1, 0.15) is 33.6 Å². The summed E-state index contributed by atoms with van der Waals surface area (Å²) in [5, 5.41) is 35.8. The highest BCUT2D eigenvalue weighted by atomic mass is 16.4. The molecule has 3 atom stereocenters. The lowest BCUT2D eigenvalue weighted by Crippen LogP contribution is -2.48. The van der Waals surface area contributed by atoms with Crippen LogP contribution in [-0.2, 0) is 9.59 Å². The molecule has 0 aromatic heterocycles. The van der Waals surface area contributed by atoms with Gasteiger partial charge in [0, 0.05) is 6.54 Å². The Labute approximate surface area is 154 Å². The number of hydrogen-bond acceptors (Lipinski definition) is 7. The molecule has 1 aromatic carbocycles. The number of carbonyl (C=O) groups is 4. The highest BCUT2D eigenvalue weighted by molar-refractivity contribution is 6.21. The summed E-state index contributed by atoms with van der Waals surface area (Å²) < 4.78 is 0. The van der Waals surface area contributed by atoms with E-state index in [-0.39, 0.29) is 17.9 Å². The minimum absolute atomic E-state index is 0.0103. The zero-order valence-corrected chi connectivity index (χ0v) is 14.2. The number of carbonyl (C=O) groups excluding carboxylic acids is 2. The molecule has 0 saturated carbocycles. The molecule has 1 saturated heterocycles. The Hall–Kier alpha value is -2.82. The van der Waals surface area contributed by atoms with Crippen molar-refractivity contribution in [2.45, 2.75) is 31.1 Å². The number of benzene rings is 1. The van der Waals surface area contributed by atoms with Crippen molar-refractivity contribution >= 4 is 23.8 Å². The smallest absolute Gasteiger partial charge is 0.335 e. The molecular formula is C17H20N2O8. The topological polar surface area (TPSA) is 164 Å². The highest BCUT2D eigenvalue weighted by Crippen LogP contribution is 2.26. The van der Waals surface area contributed by atoms with E-state index in [9.17, 15) is 19.2 Å². The monoisotopic (exact) mass is 380 g/mol. The third-order valence-corrected chi connectivity index (χ3v) is 4.27. The van der Waals surface area contributed by atoms with Crippen molar-refractivity contribution < 1.29 is 39.6 Å². The number of nitrogens with zero attached hydrogens (tertiary/aromatic N) is 1. The van der Waals surface area contributed by atoms with Crippen LogP contribution in [0.15, 0.2) is 24.3 Å². The summed E-state index contributed by atoms with van der Waals surface area (Å²) in [4.78, 5) is 45.3. The highest BCUT2D eigenvalue weighted by Gasteiger charge is 2.39. The third kappa shape index (κ3) is 4.48. The van der Waals surface area contributed by atoms with Crippen molar-refractivity contribution in [3.05, 3.63) is 35.4 Å². The molecule has 10 nitrogen and oxygen atoms in total. The van der Waals surface area contributed by atoms with Crippen LogP contribution in [0.25, 0.3) is 0 Å². The number of amides is 2. The van der Waals surface area contributed by atoms with E-state index in [0.717, 1.165) is 19.4 Å². The van der Waals surface area contributed by atoms with Gasteiger partial charge in [-0.05, 0) is 31.5 Å². The number of aliphatic hydroxyl groups excluding tert-OH is 2. The van der Waals surface area contributed by atoms with Gasteiger partial charge in [-0.15, -0.1) is 0 Å². The number of hydrogen-bond donors (Lipinski definition) is 5. The molecule has 146 valence electrons. The molecule has 2 unspecified atom stereocenters. The number of rotatable bonds is 4. The quantitative estimate of drug-likeness (QED) is 0.408. The fourth-order valence-corrected chi connectivity index (χ4v) is 2.86. The van der Waals surface area contributed by atoms with Crippen molar-refractivity contribution in [2.75, 3.05) is 13.1 Å². The zero-order valence-electron chi connectivity index (χ0n) is 14.2. The normalized spacial score (nSPS) is 21.0. The van der Waals surface area contributed by atoms with Crippen molar-refractivity contribution in [2.24, 2.45) is 0 Å². The second-order valence-electron chi connectivity index (χ2n) is 6.09. The first kappa shape index (κ1) is 20.5. The van der Waals surface area contributed by atoms with Crippen molar-refractivity contribution in [1.29, 1.82) is 0 Å². The number of fused-ring (bicyclic) bond motifs is 1. The van der Waals surface area contributed by atoms with Gasteiger partial charge < -0.3 is 25.7 Å². The second kappa shape index (κ2) is 8.71. The molecule has 1 aromatic rings. The number of nitrogens with one attached hydrogen (secondary N) is 1. The average molecular weight is 380 g/mol. The van der Waals surface area contributed by atoms with E-state index >= 15 is 0 Å². The summed E-state index contributed by atoms with van der Waals surface area (Å²) in [7, 11) is 0. The molecule has 0 bridgehead atoms. The van der Waals surface area contributed by atoms with Gasteiger partial charge in [-0.25, -0.2) is 9.59 Å². The molecule has 2 heterocycles. The lowest BCUT2D eigenvalue weighted by atomic mass is 10.1. The first-order valence-electron chi connectivity index (χ1n) is 8.25. The van der Waals surface area contributed by atoms with Gasteiger partial charge in [0.15, 0.2) is 12.2 Å². The molecule has 1 fully saturated rings. The molecule has 3 rings (SSSR count). The van der Waals surface area contributed by atoms with Crippen molar-refractivity contribution in [3.8, 4) is 0 Å². The van der Waals surface area contributed by atoms with E-state index in [4.69, 9.17) is 20.4 Å². The third-order valence-electron chi connectivity index (χ3n) is 4.27. The van der Waals surface area contributed by atoms with E-state index in [1.165, 1.54) is 4.90 Å². The van der Waals surface area contributed by atoms with Gasteiger partial charge >= 0.3 is 11.9 Å². The predicted molar refractivity (Wildman–Crippen MR) is 90.1 cm³/mol. The van der Waals surface area contributed by atoms with Gasteiger partial charge in [-0.2, -0.15) is 0 Å². The van der Waals surface area contributed by atoms with Crippen LogP contribution in [0.3, 0.4) is 0 Å². The Morgan fingerprint density at radius 1 is 1.00 bits per heavy atom. The summed E-state index contributed by atoms with van der Waals surface area (Å²) >= 11 is 0. The zero-order chi connectivity index (χ0) is 20.1. The van der Waals surface area contributed by atoms with Crippen LogP contribution in [-0.4, -0.2) is 80.4 Å². The van der Waals surface area contributed by atoms with Crippen LogP contribution in [0.2, 0.25) is 0 Å². The Bertz CT molecular complexity index is 691. The Balaban J connectivity index is 0.000000227. The van der Waals surface area contributed by atoms with Crippen molar-refractivity contribution in [3.63, 3.8) is 0 Å². The van der Waals surface area contributed by atoms with Crippen LogP contribution >= 0.6 is 0 Å². The number of carboxylic acids is 2. The molecule has 0 aliphatic carbocycles. The number of carboxylic acid groups (broad SMARTS) is 2. The fraction of sp³-hybridized carbons (Fsp3) is 0.412. The average Bonchev–Trinajstić information content (AvgIpc) is 2.92. The number of imide groups is 1. The number of aliphatic hydroxyl groups is 2. The van der Waals surface area contributed by atoms with Gasteiger partial charge in [-0.3, -0.25) is 14.5 Å². The van der Waals surface area contributed by atoms with Crippen LogP contribution < -0.4 is 5.32 Å². The maximum Gasteiger partial charge on any atom is 0.335 e. The summed E-state index contributed by atoms with van der Waals surface area (Å²) in [5.74, 6) is -3.82. The van der Waals surface area contributed by atoms with Crippen LogP contribution in [0.4, 0.5) is 0 Å². The summed E-state index contributed by atoms with van der Waals surface area (Å²) in [6.45, 7) is 1.69. The van der Waals surface area contributed by atoms with E-state index in [1.807, 2.05) is 0 Å². The van der Waals surface area contributed by atoms with Gasteiger partial charge in [0.2, 0.25) is 0 Å². The molecule has 10 heteroatoms. The SMILES string of the molecule is O=C(O)C(O)C(O)C(=O)O.O=C1c2ccccc2C(=O)N1[C@@H]1CCCNC1. The van der Waals surface area contributed by atoms with Gasteiger partial charge in [0.1, 0.15) is 0 Å². The molecule has 2 aliphatic heterocycles. The van der Waals surface area contributed by atoms with Crippen LogP contribution in [0.5, 0.6) is 0 Å². The Morgan fingerprint density at radius 2 is 1.48 bits per heavy atom. The first-order chi connectivity index (χ1) is 12.8. The largest absolute Gasteiger partial charge is 0.479 e. The van der Waals surface area contributed by atoms with E-state index in [2.05, 4.69) is 5.32 Å².